The molecule has 0 radical (unpaired) electrons. The number of nitrogens with one attached hydrogen (secondary N) is 2. The van der Waals surface area contributed by atoms with Crippen molar-refractivity contribution in [3.8, 4) is 0 Å². The Morgan fingerprint density at radius 1 is 1.14 bits per heavy atom. The number of hydrogen-bond acceptors (Lipinski definition) is 3. The van der Waals surface area contributed by atoms with Crippen molar-refractivity contribution in [2.24, 2.45) is 0 Å². The van der Waals surface area contributed by atoms with Gasteiger partial charge < -0.3 is 16.4 Å². The standard InChI is InChI=1S/C17H21N3O/c1-19-17(21)14-9-10-15(18)16(12-14)20-11-5-8-13-6-3-2-4-7-13/h2-4,6-7,9-10,12,20H,5,8,11,18H2,1H3,(H,19,21). The van der Waals surface area contributed by atoms with Crippen molar-refractivity contribution in [3.63, 3.8) is 0 Å². The Labute approximate surface area is 125 Å². The third kappa shape index (κ3) is 4.24. The quantitative estimate of drug-likeness (QED) is 0.564. The monoisotopic (exact) mass is 283 g/mol. The molecular formula is C17H21N3O. The molecule has 0 spiro atoms. The van der Waals surface area contributed by atoms with Crippen LogP contribution in [0.3, 0.4) is 0 Å². The zero-order valence-corrected chi connectivity index (χ0v) is 12.2. The van der Waals surface area contributed by atoms with E-state index in [0.29, 0.717) is 11.3 Å². The Kier molecular flexibility index (Phi) is 5.21. The van der Waals surface area contributed by atoms with Gasteiger partial charge in [-0.3, -0.25) is 4.79 Å². The first-order valence-corrected chi connectivity index (χ1v) is 7.10. The van der Waals surface area contributed by atoms with Gasteiger partial charge in [-0.2, -0.15) is 0 Å². The fourth-order valence-corrected chi connectivity index (χ4v) is 2.16. The third-order valence-corrected chi connectivity index (χ3v) is 3.34. The molecule has 4 heteroatoms. The Bertz CT molecular complexity index is 596. The highest BCUT2D eigenvalue weighted by atomic mass is 16.1. The number of hydrogen-bond donors (Lipinski definition) is 3. The van der Waals surface area contributed by atoms with Crippen molar-refractivity contribution in [1.29, 1.82) is 0 Å². The number of anilines is 2. The second kappa shape index (κ2) is 7.33. The molecule has 0 bridgehead atoms. The van der Waals surface area contributed by atoms with Gasteiger partial charge in [-0.25, -0.2) is 0 Å². The molecule has 2 aromatic rings. The molecule has 1 amide bonds. The molecule has 0 unspecified atom stereocenters. The van der Waals surface area contributed by atoms with Crippen LogP contribution in [0, 0.1) is 0 Å². The summed E-state index contributed by atoms with van der Waals surface area (Å²) in [6, 6.07) is 15.6. The van der Waals surface area contributed by atoms with Crippen molar-refractivity contribution >= 4 is 17.3 Å². The molecule has 2 aromatic carbocycles. The fraction of sp³-hybridized carbons (Fsp3) is 0.235. The number of nitrogens with two attached hydrogens (primary N) is 1. The summed E-state index contributed by atoms with van der Waals surface area (Å²) in [5, 5.41) is 5.91. The highest BCUT2D eigenvalue weighted by Crippen LogP contribution is 2.20. The molecule has 0 fully saturated rings. The summed E-state index contributed by atoms with van der Waals surface area (Å²) in [4.78, 5) is 11.6. The van der Waals surface area contributed by atoms with Gasteiger partial charge in [0, 0.05) is 19.2 Å². The van der Waals surface area contributed by atoms with Crippen LogP contribution < -0.4 is 16.4 Å². The van der Waals surface area contributed by atoms with Crippen molar-refractivity contribution in [2.75, 3.05) is 24.6 Å². The van der Waals surface area contributed by atoms with E-state index >= 15 is 0 Å². The number of amides is 1. The molecule has 0 aliphatic rings. The summed E-state index contributed by atoms with van der Waals surface area (Å²) in [6.07, 6.45) is 2.02. The number of aryl methyl sites for hydroxylation is 1. The maximum absolute atomic E-state index is 11.6. The minimum Gasteiger partial charge on any atom is -0.397 e. The van der Waals surface area contributed by atoms with E-state index in [2.05, 4.69) is 22.8 Å². The zero-order chi connectivity index (χ0) is 15.1. The number of nitrogen functional groups attached to an aromatic ring is 1. The maximum atomic E-state index is 11.6. The van der Waals surface area contributed by atoms with E-state index < -0.39 is 0 Å². The van der Waals surface area contributed by atoms with Crippen LogP contribution >= 0.6 is 0 Å². The van der Waals surface area contributed by atoms with Crippen LogP contribution in [0.2, 0.25) is 0 Å². The largest absolute Gasteiger partial charge is 0.397 e. The van der Waals surface area contributed by atoms with Gasteiger partial charge in [0.2, 0.25) is 0 Å². The van der Waals surface area contributed by atoms with Crippen LogP contribution in [0.1, 0.15) is 22.3 Å². The maximum Gasteiger partial charge on any atom is 0.251 e. The van der Waals surface area contributed by atoms with Crippen LogP contribution in [-0.4, -0.2) is 19.5 Å². The molecule has 0 heterocycles. The van der Waals surface area contributed by atoms with E-state index in [1.807, 2.05) is 18.2 Å². The van der Waals surface area contributed by atoms with Crippen LogP contribution in [0.4, 0.5) is 11.4 Å². The van der Waals surface area contributed by atoms with E-state index in [1.165, 1.54) is 5.56 Å². The molecular weight excluding hydrogens is 262 g/mol. The van der Waals surface area contributed by atoms with E-state index in [1.54, 1.807) is 25.2 Å². The minimum absolute atomic E-state index is 0.109. The molecule has 0 aliphatic carbocycles. The second-order valence-electron chi connectivity index (χ2n) is 4.90. The molecule has 0 saturated carbocycles. The summed E-state index contributed by atoms with van der Waals surface area (Å²) in [6.45, 7) is 0.816. The van der Waals surface area contributed by atoms with Crippen LogP contribution in [-0.2, 0) is 6.42 Å². The average molecular weight is 283 g/mol. The number of rotatable bonds is 6. The molecule has 2 rings (SSSR count). The van der Waals surface area contributed by atoms with Crippen molar-refractivity contribution in [1.82, 2.24) is 5.32 Å². The van der Waals surface area contributed by atoms with Gasteiger partial charge in [0.05, 0.1) is 11.4 Å². The van der Waals surface area contributed by atoms with Gasteiger partial charge in [-0.05, 0) is 36.6 Å². The highest BCUT2D eigenvalue weighted by molar-refractivity contribution is 5.96. The van der Waals surface area contributed by atoms with E-state index in [-0.39, 0.29) is 5.91 Å². The van der Waals surface area contributed by atoms with E-state index in [0.717, 1.165) is 25.1 Å². The summed E-state index contributed by atoms with van der Waals surface area (Å²) in [5.41, 5.74) is 9.33. The lowest BCUT2D eigenvalue weighted by Crippen LogP contribution is -2.18. The molecule has 4 nitrogen and oxygen atoms in total. The Morgan fingerprint density at radius 3 is 2.62 bits per heavy atom. The topological polar surface area (TPSA) is 67.2 Å². The summed E-state index contributed by atoms with van der Waals surface area (Å²) < 4.78 is 0. The molecule has 21 heavy (non-hydrogen) atoms. The number of carbonyl (C=O) groups is 1. The van der Waals surface area contributed by atoms with Crippen molar-refractivity contribution in [3.05, 3.63) is 59.7 Å². The van der Waals surface area contributed by atoms with Gasteiger partial charge in [0.1, 0.15) is 0 Å². The average Bonchev–Trinajstić information content (AvgIpc) is 2.53. The predicted molar refractivity (Wildman–Crippen MR) is 87.5 cm³/mol. The lowest BCUT2D eigenvalue weighted by molar-refractivity contribution is 0.0963. The van der Waals surface area contributed by atoms with Gasteiger partial charge >= 0.3 is 0 Å². The minimum atomic E-state index is -0.109. The Hall–Kier alpha value is -2.49. The Morgan fingerprint density at radius 2 is 1.90 bits per heavy atom. The highest BCUT2D eigenvalue weighted by Gasteiger charge is 2.06. The normalized spacial score (nSPS) is 10.1. The number of benzene rings is 2. The van der Waals surface area contributed by atoms with Crippen LogP contribution in [0.15, 0.2) is 48.5 Å². The summed E-state index contributed by atoms with van der Waals surface area (Å²) >= 11 is 0. The smallest absolute Gasteiger partial charge is 0.251 e. The van der Waals surface area contributed by atoms with E-state index in [4.69, 9.17) is 5.73 Å². The van der Waals surface area contributed by atoms with Gasteiger partial charge in [0.25, 0.3) is 5.91 Å². The van der Waals surface area contributed by atoms with Crippen LogP contribution in [0.25, 0.3) is 0 Å². The Balaban J connectivity index is 1.89. The van der Waals surface area contributed by atoms with Gasteiger partial charge in [-0.15, -0.1) is 0 Å². The molecule has 0 aliphatic heterocycles. The van der Waals surface area contributed by atoms with Crippen molar-refractivity contribution in [2.45, 2.75) is 12.8 Å². The lowest BCUT2D eigenvalue weighted by atomic mass is 10.1. The predicted octanol–water partition coefficient (Wildman–Crippen LogP) is 2.67. The van der Waals surface area contributed by atoms with Crippen LogP contribution in [0.5, 0.6) is 0 Å². The summed E-state index contributed by atoms with van der Waals surface area (Å²) in [7, 11) is 1.62. The SMILES string of the molecule is CNC(=O)c1ccc(N)c(NCCCc2ccccc2)c1. The zero-order valence-electron chi connectivity index (χ0n) is 12.2. The third-order valence-electron chi connectivity index (χ3n) is 3.34. The summed E-state index contributed by atoms with van der Waals surface area (Å²) in [5.74, 6) is -0.109. The fourth-order valence-electron chi connectivity index (χ4n) is 2.16. The number of carbonyl (C=O) groups excluding carboxylic acids is 1. The molecule has 0 aromatic heterocycles. The first-order valence-electron chi connectivity index (χ1n) is 7.10. The van der Waals surface area contributed by atoms with Gasteiger partial charge in [0.15, 0.2) is 0 Å². The molecule has 110 valence electrons. The van der Waals surface area contributed by atoms with E-state index in [9.17, 15) is 4.79 Å². The molecule has 0 saturated heterocycles. The first kappa shape index (κ1) is 14.9. The lowest BCUT2D eigenvalue weighted by Gasteiger charge is -2.11. The van der Waals surface area contributed by atoms with Crippen molar-refractivity contribution < 1.29 is 4.79 Å². The first-order chi connectivity index (χ1) is 10.2. The van der Waals surface area contributed by atoms with Gasteiger partial charge in [-0.1, -0.05) is 30.3 Å². The molecule has 0 atom stereocenters. The second-order valence-corrected chi connectivity index (χ2v) is 4.90. The molecule has 4 N–H and O–H groups in total.